The molecule has 22 heavy (non-hydrogen) atoms. The van der Waals surface area contributed by atoms with E-state index >= 15 is 0 Å². The van der Waals surface area contributed by atoms with Crippen molar-refractivity contribution in [1.82, 2.24) is 4.57 Å². The normalized spacial score (nSPS) is 10.6. The van der Waals surface area contributed by atoms with Crippen LogP contribution in [0.2, 0.25) is 5.02 Å². The molecule has 0 N–H and O–H groups in total. The highest BCUT2D eigenvalue weighted by molar-refractivity contribution is 6.31. The summed E-state index contributed by atoms with van der Waals surface area (Å²) in [4.78, 5) is 24.0. The summed E-state index contributed by atoms with van der Waals surface area (Å²) >= 11 is 5.88. The van der Waals surface area contributed by atoms with E-state index in [1.54, 1.807) is 30.3 Å². The lowest BCUT2D eigenvalue weighted by Crippen LogP contribution is -2.26. The number of hydrogen-bond acceptors (Lipinski definition) is 5. The maximum atomic E-state index is 12.2. The van der Waals surface area contributed by atoms with E-state index in [4.69, 9.17) is 25.5 Å². The fraction of sp³-hybridized carbons (Fsp3) is 0.0667. The second-order valence-corrected chi connectivity index (χ2v) is 4.80. The molecule has 1 heterocycles. The van der Waals surface area contributed by atoms with Gasteiger partial charge >= 0.3 is 11.8 Å². The van der Waals surface area contributed by atoms with Crippen LogP contribution in [0.4, 0.5) is 4.79 Å². The highest BCUT2D eigenvalue weighted by Gasteiger charge is 2.18. The lowest BCUT2D eigenvalue weighted by atomic mass is 10.3. The van der Waals surface area contributed by atoms with Crippen molar-refractivity contribution in [3.63, 3.8) is 0 Å². The van der Waals surface area contributed by atoms with Gasteiger partial charge in [-0.25, -0.2) is 9.59 Å². The predicted octanol–water partition coefficient (Wildman–Crippen LogP) is 3.30. The molecule has 0 unspecified atom stereocenters. The Balaban J connectivity index is 1.96. The van der Waals surface area contributed by atoms with Crippen LogP contribution in [0.3, 0.4) is 0 Å². The Kier molecular flexibility index (Phi) is 3.60. The third-order valence-electron chi connectivity index (χ3n) is 2.99. The number of rotatable bonds is 2. The van der Waals surface area contributed by atoms with Crippen molar-refractivity contribution in [3.05, 3.63) is 58.0 Å². The van der Waals surface area contributed by atoms with E-state index in [-0.39, 0.29) is 16.8 Å². The molecule has 0 bridgehead atoms. The number of nitrogens with zero attached hydrogens (tertiary/aromatic N) is 1. The first kappa shape index (κ1) is 14.2. The van der Waals surface area contributed by atoms with E-state index in [1.165, 1.54) is 19.2 Å². The van der Waals surface area contributed by atoms with E-state index in [0.29, 0.717) is 10.8 Å². The molecule has 0 aliphatic heterocycles. The monoisotopic (exact) mass is 319 g/mol. The first-order valence-corrected chi connectivity index (χ1v) is 6.63. The van der Waals surface area contributed by atoms with Gasteiger partial charge in [-0.2, -0.15) is 4.57 Å². The highest BCUT2D eigenvalue weighted by atomic mass is 35.5. The van der Waals surface area contributed by atoms with E-state index in [0.717, 1.165) is 4.57 Å². The summed E-state index contributed by atoms with van der Waals surface area (Å²) in [5, 5.41) is 0.374. The quantitative estimate of drug-likeness (QED) is 0.724. The minimum atomic E-state index is -0.879. The Hall–Kier alpha value is -2.73. The van der Waals surface area contributed by atoms with Crippen molar-refractivity contribution in [2.45, 2.75) is 0 Å². The van der Waals surface area contributed by atoms with Gasteiger partial charge in [0, 0.05) is 5.02 Å². The van der Waals surface area contributed by atoms with Crippen LogP contribution in [0.25, 0.3) is 11.1 Å². The van der Waals surface area contributed by atoms with E-state index in [1.807, 2.05) is 0 Å². The number of benzene rings is 2. The topological polar surface area (TPSA) is 70.7 Å². The molecule has 7 heteroatoms. The number of carbonyl (C=O) groups is 1. The van der Waals surface area contributed by atoms with Gasteiger partial charge in [0.1, 0.15) is 17.0 Å². The maximum Gasteiger partial charge on any atom is 0.429 e. The Labute approximate surface area is 129 Å². The zero-order valence-electron chi connectivity index (χ0n) is 11.4. The molecule has 3 rings (SSSR count). The largest absolute Gasteiger partial charge is 0.497 e. The predicted molar refractivity (Wildman–Crippen MR) is 79.9 cm³/mol. The SMILES string of the molecule is COc1ccc(OC(=O)n2c(=O)oc3ccc(Cl)cc32)cc1. The van der Waals surface area contributed by atoms with Crippen molar-refractivity contribution in [2.75, 3.05) is 7.11 Å². The molecular formula is C15H10ClNO5. The minimum Gasteiger partial charge on any atom is -0.497 e. The molecule has 0 radical (unpaired) electrons. The Morgan fingerprint density at radius 3 is 2.50 bits per heavy atom. The number of halogens is 1. The Bertz CT molecular complexity index is 894. The fourth-order valence-corrected chi connectivity index (χ4v) is 2.12. The number of fused-ring (bicyclic) bond motifs is 1. The molecule has 0 amide bonds. The number of aromatic nitrogens is 1. The van der Waals surface area contributed by atoms with Crippen LogP contribution in [-0.2, 0) is 0 Å². The van der Waals surface area contributed by atoms with Crippen LogP contribution in [0.5, 0.6) is 11.5 Å². The molecule has 0 saturated carbocycles. The molecule has 0 aliphatic carbocycles. The van der Waals surface area contributed by atoms with E-state index in [2.05, 4.69) is 0 Å². The molecule has 0 fully saturated rings. The van der Waals surface area contributed by atoms with Gasteiger partial charge in [0.15, 0.2) is 5.58 Å². The fourth-order valence-electron chi connectivity index (χ4n) is 1.95. The van der Waals surface area contributed by atoms with Crippen LogP contribution < -0.4 is 15.2 Å². The first-order chi connectivity index (χ1) is 10.6. The van der Waals surface area contributed by atoms with Gasteiger partial charge in [-0.1, -0.05) is 11.6 Å². The molecule has 112 valence electrons. The average Bonchev–Trinajstić information content (AvgIpc) is 2.83. The molecule has 0 spiro atoms. The molecule has 0 atom stereocenters. The van der Waals surface area contributed by atoms with Gasteiger partial charge in [-0.05, 0) is 42.5 Å². The van der Waals surface area contributed by atoms with Crippen LogP contribution in [0.15, 0.2) is 51.7 Å². The summed E-state index contributed by atoms with van der Waals surface area (Å²) in [7, 11) is 1.53. The minimum absolute atomic E-state index is 0.246. The smallest absolute Gasteiger partial charge is 0.429 e. The van der Waals surface area contributed by atoms with Crippen LogP contribution in [-0.4, -0.2) is 17.8 Å². The Morgan fingerprint density at radius 1 is 1.14 bits per heavy atom. The molecular weight excluding hydrogens is 310 g/mol. The lowest BCUT2D eigenvalue weighted by molar-refractivity contribution is 0.201. The van der Waals surface area contributed by atoms with Crippen molar-refractivity contribution in [1.29, 1.82) is 0 Å². The van der Waals surface area contributed by atoms with E-state index < -0.39 is 11.8 Å². The molecule has 2 aromatic carbocycles. The molecule has 6 nitrogen and oxygen atoms in total. The summed E-state index contributed by atoms with van der Waals surface area (Å²) in [5.74, 6) is 0.0577. The number of methoxy groups -OCH3 is 1. The summed E-state index contributed by atoms with van der Waals surface area (Å²) in [5.41, 5.74) is 0.497. The third-order valence-corrected chi connectivity index (χ3v) is 3.22. The second kappa shape index (κ2) is 5.57. The standard InChI is InChI=1S/C15H10ClNO5/c1-20-10-3-5-11(6-4-10)21-14(18)17-12-8-9(16)2-7-13(12)22-15(17)19/h2-8H,1H3. The summed E-state index contributed by atoms with van der Waals surface area (Å²) in [6, 6.07) is 10.9. The number of ether oxygens (including phenoxy) is 2. The van der Waals surface area contributed by atoms with Crippen LogP contribution in [0.1, 0.15) is 0 Å². The summed E-state index contributed by atoms with van der Waals surface area (Å²) < 4.78 is 15.9. The number of carbonyl (C=O) groups excluding carboxylic acids is 1. The van der Waals surface area contributed by atoms with Gasteiger partial charge in [-0.15, -0.1) is 0 Å². The van der Waals surface area contributed by atoms with Gasteiger partial charge in [-0.3, -0.25) is 0 Å². The van der Waals surface area contributed by atoms with Crippen LogP contribution >= 0.6 is 11.6 Å². The van der Waals surface area contributed by atoms with Gasteiger partial charge < -0.3 is 13.9 Å². The Morgan fingerprint density at radius 2 is 1.82 bits per heavy atom. The number of hydrogen-bond donors (Lipinski definition) is 0. The molecule has 0 aliphatic rings. The zero-order valence-corrected chi connectivity index (χ0v) is 12.2. The molecule has 1 aromatic heterocycles. The van der Waals surface area contributed by atoms with Crippen molar-refractivity contribution in [2.24, 2.45) is 0 Å². The van der Waals surface area contributed by atoms with Crippen molar-refractivity contribution in [3.8, 4) is 11.5 Å². The summed E-state index contributed by atoms with van der Waals surface area (Å²) in [6.07, 6.45) is -0.879. The van der Waals surface area contributed by atoms with Crippen molar-refractivity contribution >= 4 is 28.8 Å². The zero-order chi connectivity index (χ0) is 15.7. The van der Waals surface area contributed by atoms with E-state index in [9.17, 15) is 9.59 Å². The average molecular weight is 320 g/mol. The van der Waals surface area contributed by atoms with Gasteiger partial charge in [0.05, 0.1) is 7.11 Å². The second-order valence-electron chi connectivity index (χ2n) is 4.36. The lowest BCUT2D eigenvalue weighted by Gasteiger charge is -2.05. The van der Waals surface area contributed by atoms with Crippen molar-refractivity contribution < 1.29 is 18.7 Å². The number of oxazole rings is 1. The summed E-state index contributed by atoms with van der Waals surface area (Å²) in [6.45, 7) is 0. The highest BCUT2D eigenvalue weighted by Crippen LogP contribution is 2.20. The molecule has 3 aromatic rings. The molecule has 0 saturated heterocycles. The third kappa shape index (κ3) is 2.56. The van der Waals surface area contributed by atoms with Crippen LogP contribution in [0, 0.1) is 0 Å². The van der Waals surface area contributed by atoms with Gasteiger partial charge in [0.25, 0.3) is 0 Å². The maximum absolute atomic E-state index is 12.2. The van der Waals surface area contributed by atoms with Gasteiger partial charge in [0.2, 0.25) is 0 Å². The first-order valence-electron chi connectivity index (χ1n) is 6.26.